The highest BCUT2D eigenvalue weighted by atomic mass is 127. The first-order chi connectivity index (χ1) is 6.24. The number of hydrogen-bond acceptors (Lipinski definition) is 3. The maximum absolute atomic E-state index is 9.63. The highest BCUT2D eigenvalue weighted by molar-refractivity contribution is 14.1. The van der Waals surface area contributed by atoms with E-state index in [2.05, 4.69) is 34.0 Å². The number of fused-ring (bicyclic) bond motifs is 1. The summed E-state index contributed by atoms with van der Waals surface area (Å²) in [5.41, 5.74) is 0. The fourth-order valence-electron chi connectivity index (χ4n) is 1.22. The van der Waals surface area contributed by atoms with Crippen LogP contribution in [0.1, 0.15) is 0 Å². The summed E-state index contributed by atoms with van der Waals surface area (Å²) in [6.45, 7) is 0. The highest BCUT2D eigenvalue weighted by Crippen LogP contribution is 2.38. The van der Waals surface area contributed by atoms with Gasteiger partial charge in [-0.15, -0.1) is 23.1 Å². The minimum atomic E-state index is 0.389. The van der Waals surface area contributed by atoms with Gasteiger partial charge in [0.25, 0.3) is 0 Å². The second-order valence-corrected chi connectivity index (χ2v) is 5.42. The summed E-state index contributed by atoms with van der Waals surface area (Å²) in [7, 11) is 0. The Labute approximate surface area is 98.3 Å². The Bertz CT molecular complexity index is 450. The average molecular weight is 322 g/mol. The van der Waals surface area contributed by atoms with Crippen LogP contribution < -0.4 is 0 Å². The van der Waals surface area contributed by atoms with Gasteiger partial charge < -0.3 is 5.11 Å². The molecule has 13 heavy (non-hydrogen) atoms. The summed E-state index contributed by atoms with van der Waals surface area (Å²) in [6.07, 6.45) is 2.03. The molecule has 0 unspecified atom stereocenters. The third-order valence-corrected chi connectivity index (χ3v) is 5.01. The Balaban J connectivity index is 2.87. The van der Waals surface area contributed by atoms with Gasteiger partial charge in [-0.1, -0.05) is 0 Å². The number of phenols is 1. The van der Waals surface area contributed by atoms with Crippen LogP contribution in [-0.2, 0) is 0 Å². The Hall–Kier alpha value is 0.0600. The number of halogens is 1. The van der Waals surface area contributed by atoms with Gasteiger partial charge in [-0.25, -0.2) is 0 Å². The van der Waals surface area contributed by atoms with Crippen molar-refractivity contribution in [1.82, 2.24) is 0 Å². The predicted molar refractivity (Wildman–Crippen MR) is 68.0 cm³/mol. The lowest BCUT2D eigenvalue weighted by Gasteiger charge is -2.03. The summed E-state index contributed by atoms with van der Waals surface area (Å²) < 4.78 is 2.14. The molecule has 0 aliphatic carbocycles. The first-order valence-corrected chi connectivity index (χ1v) is 6.85. The maximum atomic E-state index is 9.63. The lowest BCUT2D eigenvalue weighted by molar-refractivity contribution is 0.471. The van der Waals surface area contributed by atoms with Gasteiger partial charge in [0.05, 0.1) is 8.27 Å². The largest absolute Gasteiger partial charge is 0.507 e. The molecule has 4 heteroatoms. The van der Waals surface area contributed by atoms with Gasteiger partial charge in [-0.3, -0.25) is 0 Å². The van der Waals surface area contributed by atoms with Crippen molar-refractivity contribution in [1.29, 1.82) is 0 Å². The molecule has 1 N–H and O–H groups in total. The number of thioether (sulfide) groups is 1. The standard InChI is InChI=1S/C9H7IOS2/c1-12-7-4-6(11)8(10)9-5(7)2-3-13-9/h2-4,11H,1H3. The minimum absolute atomic E-state index is 0.389. The first kappa shape index (κ1) is 9.61. The molecule has 0 amide bonds. The number of rotatable bonds is 1. The number of hydrogen-bond donors (Lipinski definition) is 1. The summed E-state index contributed by atoms with van der Waals surface area (Å²) in [4.78, 5) is 1.15. The zero-order chi connectivity index (χ0) is 9.42. The molecule has 68 valence electrons. The van der Waals surface area contributed by atoms with E-state index >= 15 is 0 Å². The molecule has 0 saturated carbocycles. The quantitative estimate of drug-likeness (QED) is 0.634. The molecule has 0 radical (unpaired) electrons. The summed E-state index contributed by atoms with van der Waals surface area (Å²) in [5, 5.41) is 12.9. The third kappa shape index (κ3) is 1.55. The second-order valence-electron chi connectivity index (χ2n) is 2.58. The third-order valence-electron chi connectivity index (χ3n) is 1.84. The molecule has 1 heterocycles. The van der Waals surface area contributed by atoms with Crippen molar-refractivity contribution >= 4 is 55.8 Å². The summed E-state index contributed by atoms with van der Waals surface area (Å²) >= 11 is 5.53. The summed E-state index contributed by atoms with van der Waals surface area (Å²) in [6, 6.07) is 3.94. The monoisotopic (exact) mass is 322 g/mol. The highest BCUT2D eigenvalue weighted by Gasteiger charge is 2.09. The Morgan fingerprint density at radius 3 is 3.00 bits per heavy atom. The van der Waals surface area contributed by atoms with Gasteiger partial charge in [0.15, 0.2) is 0 Å². The molecular formula is C9H7IOS2. The Kier molecular flexibility index (Phi) is 2.71. The lowest BCUT2D eigenvalue weighted by Crippen LogP contribution is -1.77. The Morgan fingerprint density at radius 1 is 1.54 bits per heavy atom. The van der Waals surface area contributed by atoms with E-state index < -0.39 is 0 Å². The molecule has 0 saturated heterocycles. The molecule has 1 nitrogen and oxygen atoms in total. The molecule has 0 aliphatic rings. The van der Waals surface area contributed by atoms with Gasteiger partial charge in [-0.05, 0) is 46.4 Å². The van der Waals surface area contributed by atoms with Crippen molar-refractivity contribution in [3.63, 3.8) is 0 Å². The molecule has 1 aromatic carbocycles. The zero-order valence-electron chi connectivity index (χ0n) is 6.87. The molecule has 2 rings (SSSR count). The van der Waals surface area contributed by atoms with Crippen LogP contribution in [0.2, 0.25) is 0 Å². The fraction of sp³-hybridized carbons (Fsp3) is 0.111. The smallest absolute Gasteiger partial charge is 0.131 e. The number of benzene rings is 1. The Morgan fingerprint density at radius 2 is 2.31 bits per heavy atom. The van der Waals surface area contributed by atoms with E-state index in [1.165, 1.54) is 10.1 Å². The lowest BCUT2D eigenvalue weighted by atomic mass is 10.2. The second kappa shape index (κ2) is 3.67. The summed E-state index contributed by atoms with van der Waals surface area (Å²) in [5.74, 6) is 0.389. The SMILES string of the molecule is CSc1cc(O)c(I)c2sccc12. The normalized spacial score (nSPS) is 10.9. The molecular weight excluding hydrogens is 315 g/mol. The van der Waals surface area contributed by atoms with Crippen molar-refractivity contribution in [3.8, 4) is 5.75 Å². The van der Waals surface area contributed by atoms with E-state index in [1.54, 1.807) is 23.1 Å². The van der Waals surface area contributed by atoms with Crippen LogP contribution in [0.3, 0.4) is 0 Å². The van der Waals surface area contributed by atoms with E-state index in [-0.39, 0.29) is 0 Å². The van der Waals surface area contributed by atoms with Crippen LogP contribution in [-0.4, -0.2) is 11.4 Å². The van der Waals surface area contributed by atoms with Gasteiger partial charge >= 0.3 is 0 Å². The van der Waals surface area contributed by atoms with Crippen LogP contribution >= 0.6 is 45.7 Å². The fourth-order valence-corrected chi connectivity index (χ4v) is 3.59. The van der Waals surface area contributed by atoms with Gasteiger partial charge in [0.1, 0.15) is 5.75 Å². The molecule has 2 aromatic rings. The molecule has 0 fully saturated rings. The van der Waals surface area contributed by atoms with Crippen molar-refractivity contribution in [2.45, 2.75) is 4.90 Å². The molecule has 0 spiro atoms. The average Bonchev–Trinajstić information content (AvgIpc) is 2.60. The molecule has 0 aliphatic heterocycles. The number of aromatic hydroxyl groups is 1. The van der Waals surface area contributed by atoms with E-state index in [0.29, 0.717) is 5.75 Å². The van der Waals surface area contributed by atoms with E-state index in [0.717, 1.165) is 8.47 Å². The van der Waals surface area contributed by atoms with E-state index in [4.69, 9.17) is 0 Å². The maximum Gasteiger partial charge on any atom is 0.131 e. The predicted octanol–water partition coefficient (Wildman–Crippen LogP) is 3.93. The van der Waals surface area contributed by atoms with Crippen LogP contribution in [0.25, 0.3) is 10.1 Å². The van der Waals surface area contributed by atoms with Crippen LogP contribution in [0.15, 0.2) is 22.4 Å². The molecule has 0 atom stereocenters. The van der Waals surface area contributed by atoms with Gasteiger partial charge in [0, 0.05) is 10.3 Å². The van der Waals surface area contributed by atoms with Crippen molar-refractivity contribution < 1.29 is 5.11 Å². The van der Waals surface area contributed by atoms with E-state index in [9.17, 15) is 5.11 Å². The minimum Gasteiger partial charge on any atom is -0.507 e. The molecule has 0 bridgehead atoms. The zero-order valence-corrected chi connectivity index (χ0v) is 10.7. The van der Waals surface area contributed by atoms with Gasteiger partial charge in [0.2, 0.25) is 0 Å². The number of thiophene rings is 1. The van der Waals surface area contributed by atoms with Crippen LogP contribution in [0, 0.1) is 3.57 Å². The first-order valence-electron chi connectivity index (χ1n) is 3.66. The topological polar surface area (TPSA) is 20.2 Å². The van der Waals surface area contributed by atoms with Crippen LogP contribution in [0.4, 0.5) is 0 Å². The van der Waals surface area contributed by atoms with Gasteiger partial charge in [-0.2, -0.15) is 0 Å². The van der Waals surface area contributed by atoms with Crippen molar-refractivity contribution in [2.24, 2.45) is 0 Å². The van der Waals surface area contributed by atoms with E-state index in [1.807, 2.05) is 12.3 Å². The number of phenolic OH excluding ortho intramolecular Hbond substituents is 1. The van der Waals surface area contributed by atoms with Crippen LogP contribution in [0.5, 0.6) is 5.75 Å². The van der Waals surface area contributed by atoms with Crippen molar-refractivity contribution in [3.05, 3.63) is 21.1 Å². The molecule has 1 aromatic heterocycles. The van der Waals surface area contributed by atoms with Crippen molar-refractivity contribution in [2.75, 3.05) is 6.26 Å².